The van der Waals surface area contributed by atoms with Gasteiger partial charge in [-0.3, -0.25) is 14.9 Å². The van der Waals surface area contributed by atoms with Gasteiger partial charge in [0.15, 0.2) is 0 Å². The van der Waals surface area contributed by atoms with Crippen molar-refractivity contribution in [2.24, 2.45) is 0 Å². The highest BCUT2D eigenvalue weighted by Gasteiger charge is 2.29. The Morgan fingerprint density at radius 3 is 2.79 bits per heavy atom. The molecule has 0 radical (unpaired) electrons. The van der Waals surface area contributed by atoms with E-state index in [2.05, 4.69) is 10.6 Å². The number of nitrogens with one attached hydrogen (secondary N) is 2. The van der Waals surface area contributed by atoms with Gasteiger partial charge in [0.1, 0.15) is 0 Å². The third kappa shape index (κ3) is 3.43. The highest BCUT2D eigenvalue weighted by Crippen LogP contribution is 2.00. The van der Waals surface area contributed by atoms with E-state index in [-0.39, 0.29) is 30.4 Å². The molecule has 1 rings (SSSR count). The first-order valence-corrected chi connectivity index (χ1v) is 4.78. The molecule has 80 valence electrons. The summed E-state index contributed by atoms with van der Waals surface area (Å²) in [5, 5.41) is 5.19. The molecule has 2 amide bonds. The predicted octanol–water partition coefficient (Wildman–Crippen LogP) is -0.584. The van der Waals surface area contributed by atoms with E-state index in [9.17, 15) is 9.59 Å². The molecule has 5 heteroatoms. The van der Waals surface area contributed by atoms with Crippen molar-refractivity contribution in [3.05, 3.63) is 0 Å². The third-order valence-corrected chi connectivity index (χ3v) is 1.91. The van der Waals surface area contributed by atoms with Gasteiger partial charge < -0.3 is 10.1 Å². The largest absolute Gasteiger partial charge is 0.377 e. The van der Waals surface area contributed by atoms with E-state index in [1.165, 1.54) is 0 Å². The number of amides is 2. The van der Waals surface area contributed by atoms with Crippen molar-refractivity contribution in [2.75, 3.05) is 13.2 Å². The number of carbonyl (C=O) groups is 2. The molecule has 0 aromatic carbocycles. The van der Waals surface area contributed by atoms with Crippen LogP contribution in [0.1, 0.15) is 20.3 Å². The van der Waals surface area contributed by atoms with E-state index in [4.69, 9.17) is 4.74 Å². The van der Waals surface area contributed by atoms with Crippen molar-refractivity contribution < 1.29 is 14.3 Å². The summed E-state index contributed by atoms with van der Waals surface area (Å²) in [5.74, 6) is -0.447. The Bertz CT molecular complexity index is 228. The van der Waals surface area contributed by atoms with Gasteiger partial charge in [-0.15, -0.1) is 0 Å². The molecule has 0 aliphatic carbocycles. The first kappa shape index (κ1) is 11.1. The average Bonchev–Trinajstić information content (AvgIpc) is 2.39. The Labute approximate surface area is 83.2 Å². The molecule has 0 aromatic heterocycles. The molecular formula is C9H16N2O3. The molecule has 1 aliphatic rings. The van der Waals surface area contributed by atoms with Crippen LogP contribution in [-0.4, -0.2) is 37.1 Å². The lowest BCUT2D eigenvalue weighted by Crippen LogP contribution is -2.38. The van der Waals surface area contributed by atoms with Crippen LogP contribution >= 0.6 is 0 Å². The monoisotopic (exact) mass is 200 g/mol. The molecule has 0 bridgehead atoms. The summed E-state index contributed by atoms with van der Waals surface area (Å²) < 4.78 is 5.28. The summed E-state index contributed by atoms with van der Waals surface area (Å²) in [6.07, 6.45) is 0.427. The maximum absolute atomic E-state index is 11.1. The number of hydrogen-bond acceptors (Lipinski definition) is 4. The van der Waals surface area contributed by atoms with Gasteiger partial charge in [0.25, 0.3) is 0 Å². The van der Waals surface area contributed by atoms with Crippen LogP contribution in [0.15, 0.2) is 0 Å². The molecule has 1 saturated heterocycles. The smallest absolute Gasteiger partial charge is 0.244 e. The van der Waals surface area contributed by atoms with Gasteiger partial charge in [0.2, 0.25) is 11.8 Å². The topological polar surface area (TPSA) is 67.4 Å². The second-order valence-corrected chi connectivity index (χ2v) is 3.54. The molecule has 2 N–H and O–H groups in total. The van der Waals surface area contributed by atoms with E-state index in [1.54, 1.807) is 0 Å². The lowest BCUT2D eigenvalue weighted by atomic mass is 10.2. The number of carbonyl (C=O) groups excluding carboxylic acids is 2. The van der Waals surface area contributed by atoms with Gasteiger partial charge in [0, 0.05) is 6.54 Å². The van der Waals surface area contributed by atoms with Gasteiger partial charge in [0.05, 0.1) is 25.2 Å². The van der Waals surface area contributed by atoms with Crippen LogP contribution in [0.3, 0.4) is 0 Å². The van der Waals surface area contributed by atoms with E-state index < -0.39 is 0 Å². The van der Waals surface area contributed by atoms with Crippen LogP contribution in [0.25, 0.3) is 0 Å². The van der Waals surface area contributed by atoms with Gasteiger partial charge >= 0.3 is 0 Å². The molecule has 1 heterocycles. The zero-order chi connectivity index (χ0) is 10.6. The minimum atomic E-state index is -0.377. The first-order chi connectivity index (χ1) is 6.59. The summed E-state index contributed by atoms with van der Waals surface area (Å²) in [4.78, 5) is 21.9. The number of hydrogen-bond donors (Lipinski definition) is 2. The zero-order valence-corrected chi connectivity index (χ0v) is 8.50. The second-order valence-electron chi connectivity index (χ2n) is 3.54. The van der Waals surface area contributed by atoms with Crippen molar-refractivity contribution >= 4 is 11.8 Å². The Morgan fingerprint density at radius 2 is 2.29 bits per heavy atom. The standard InChI is InChI=1S/C9H16N2O3/c1-6(2)14-4-3-10-7-5-8(12)11-9(7)13/h6-7,10H,3-5H2,1-2H3,(H,11,12,13). The Kier molecular flexibility index (Phi) is 4.03. The van der Waals surface area contributed by atoms with Crippen molar-refractivity contribution in [3.8, 4) is 0 Å². The lowest BCUT2D eigenvalue weighted by Gasteiger charge is -2.10. The quantitative estimate of drug-likeness (QED) is 0.460. The molecule has 1 fully saturated rings. The van der Waals surface area contributed by atoms with Crippen LogP contribution in [0.2, 0.25) is 0 Å². The number of rotatable bonds is 5. The van der Waals surface area contributed by atoms with Gasteiger partial charge in [-0.2, -0.15) is 0 Å². The fourth-order valence-electron chi connectivity index (χ4n) is 1.25. The summed E-state index contributed by atoms with van der Waals surface area (Å²) in [5.41, 5.74) is 0. The fourth-order valence-corrected chi connectivity index (χ4v) is 1.25. The molecule has 0 spiro atoms. The zero-order valence-electron chi connectivity index (χ0n) is 8.50. The fraction of sp³-hybridized carbons (Fsp3) is 0.778. The highest BCUT2D eigenvalue weighted by atomic mass is 16.5. The van der Waals surface area contributed by atoms with Crippen LogP contribution in [-0.2, 0) is 14.3 Å². The summed E-state index contributed by atoms with van der Waals surface area (Å²) in [6, 6.07) is -0.377. The third-order valence-electron chi connectivity index (χ3n) is 1.91. The van der Waals surface area contributed by atoms with E-state index in [0.717, 1.165) is 0 Å². The maximum Gasteiger partial charge on any atom is 0.244 e. The lowest BCUT2D eigenvalue weighted by molar-refractivity contribution is -0.125. The van der Waals surface area contributed by atoms with Crippen LogP contribution in [0.5, 0.6) is 0 Å². The molecule has 0 saturated carbocycles. The van der Waals surface area contributed by atoms with Crippen molar-refractivity contribution in [1.29, 1.82) is 0 Å². The molecule has 1 aliphatic heterocycles. The Balaban J connectivity index is 2.13. The molecule has 0 aromatic rings. The SMILES string of the molecule is CC(C)OCCNC1CC(=O)NC1=O. The van der Waals surface area contributed by atoms with Crippen LogP contribution < -0.4 is 10.6 Å². The summed E-state index contributed by atoms with van der Waals surface area (Å²) >= 11 is 0. The maximum atomic E-state index is 11.1. The highest BCUT2D eigenvalue weighted by molar-refractivity contribution is 6.05. The summed E-state index contributed by atoms with van der Waals surface area (Å²) in [6.45, 7) is 5.04. The average molecular weight is 200 g/mol. The summed E-state index contributed by atoms with van der Waals surface area (Å²) in [7, 11) is 0. The van der Waals surface area contributed by atoms with Crippen molar-refractivity contribution in [1.82, 2.24) is 10.6 Å². The van der Waals surface area contributed by atoms with Crippen LogP contribution in [0, 0.1) is 0 Å². The van der Waals surface area contributed by atoms with E-state index >= 15 is 0 Å². The Hall–Kier alpha value is -0.940. The minimum Gasteiger partial charge on any atom is -0.377 e. The van der Waals surface area contributed by atoms with Crippen molar-refractivity contribution in [2.45, 2.75) is 32.4 Å². The number of imide groups is 1. The minimum absolute atomic E-state index is 0.191. The predicted molar refractivity (Wildman–Crippen MR) is 50.6 cm³/mol. The second kappa shape index (κ2) is 5.07. The molecular weight excluding hydrogens is 184 g/mol. The van der Waals surface area contributed by atoms with E-state index in [1.807, 2.05) is 13.8 Å². The molecule has 14 heavy (non-hydrogen) atoms. The molecule has 5 nitrogen and oxygen atoms in total. The van der Waals surface area contributed by atoms with Gasteiger partial charge in [-0.05, 0) is 13.8 Å². The van der Waals surface area contributed by atoms with Crippen LogP contribution in [0.4, 0.5) is 0 Å². The Morgan fingerprint density at radius 1 is 1.57 bits per heavy atom. The van der Waals surface area contributed by atoms with E-state index in [0.29, 0.717) is 13.2 Å². The normalized spacial score (nSPS) is 21.8. The van der Waals surface area contributed by atoms with Gasteiger partial charge in [-0.25, -0.2) is 0 Å². The molecule has 1 atom stereocenters. The molecule has 1 unspecified atom stereocenters. The number of ether oxygens (including phenoxy) is 1. The first-order valence-electron chi connectivity index (χ1n) is 4.78. The van der Waals surface area contributed by atoms with Crippen molar-refractivity contribution in [3.63, 3.8) is 0 Å². The van der Waals surface area contributed by atoms with Gasteiger partial charge in [-0.1, -0.05) is 0 Å².